The molecule has 200 valence electrons. The Hall–Kier alpha value is -4.44. The molecular weight excluding hydrogens is 527 g/mol. The molecule has 39 heavy (non-hydrogen) atoms. The molecule has 0 radical (unpaired) electrons. The van der Waals surface area contributed by atoms with Gasteiger partial charge < -0.3 is 19.9 Å². The zero-order valence-corrected chi connectivity index (χ0v) is 22.1. The number of carbonyl (C=O) groups is 2. The number of aryl methyl sites for hydroxylation is 1. The predicted octanol–water partition coefficient (Wildman–Crippen LogP) is 5.47. The number of halogens is 2. The zero-order valence-electron chi connectivity index (χ0n) is 21.3. The lowest BCUT2D eigenvalue weighted by Gasteiger charge is -2.28. The molecule has 1 aliphatic carbocycles. The highest BCUT2D eigenvalue weighted by molar-refractivity contribution is 6.32. The van der Waals surface area contributed by atoms with Gasteiger partial charge in [-0.3, -0.25) is 19.5 Å². The highest BCUT2D eigenvalue weighted by Crippen LogP contribution is 2.50. The van der Waals surface area contributed by atoms with Gasteiger partial charge in [0, 0.05) is 23.3 Å². The van der Waals surface area contributed by atoms with Gasteiger partial charge >= 0.3 is 0 Å². The van der Waals surface area contributed by atoms with Crippen LogP contribution in [0.5, 0.6) is 23.1 Å². The van der Waals surface area contributed by atoms with E-state index < -0.39 is 23.0 Å². The van der Waals surface area contributed by atoms with Crippen molar-refractivity contribution in [1.82, 2.24) is 9.97 Å². The average Bonchev–Trinajstić information content (AvgIpc) is 3.74. The quantitative estimate of drug-likeness (QED) is 0.289. The van der Waals surface area contributed by atoms with Crippen molar-refractivity contribution in [3.8, 4) is 23.1 Å². The van der Waals surface area contributed by atoms with Crippen LogP contribution in [-0.4, -0.2) is 36.0 Å². The summed E-state index contributed by atoms with van der Waals surface area (Å²) in [5.74, 6) is -0.211. The van der Waals surface area contributed by atoms with Gasteiger partial charge in [0.15, 0.2) is 11.5 Å². The Labute approximate surface area is 228 Å². The summed E-state index contributed by atoms with van der Waals surface area (Å²) in [6.45, 7) is 1.67. The minimum Gasteiger partial charge on any atom is -0.493 e. The SMILES string of the molecule is COc1cc2nccc(Oc3nc(C)c(N(C(=O)C4(C(N)=O)CC4)c4ccc(F)cc4)cc3Cl)c2cc1OC. The number of primary amides is 1. The lowest BCUT2D eigenvalue weighted by Crippen LogP contribution is -2.41. The largest absolute Gasteiger partial charge is 0.493 e. The molecule has 0 saturated heterocycles. The first-order valence-electron chi connectivity index (χ1n) is 11.9. The van der Waals surface area contributed by atoms with Crippen molar-refractivity contribution in [2.45, 2.75) is 19.8 Å². The molecule has 1 aliphatic rings. The second kappa shape index (κ2) is 10.0. The van der Waals surface area contributed by atoms with Crippen LogP contribution in [0.25, 0.3) is 10.9 Å². The van der Waals surface area contributed by atoms with Crippen molar-refractivity contribution in [3.63, 3.8) is 0 Å². The standard InChI is InChI=1S/C28H24ClFN4O5/c1-15-21(34(17-6-4-16(30)5-7-17)27(36)28(9-10-28)26(31)35)13-19(29)25(33-15)39-22-8-11-32-20-14-24(38-3)23(37-2)12-18(20)22/h4-8,11-14H,9-10H2,1-3H3,(H2,31,35). The van der Waals surface area contributed by atoms with E-state index in [0.29, 0.717) is 58.1 Å². The summed E-state index contributed by atoms with van der Waals surface area (Å²) in [5, 5.41) is 0.736. The van der Waals surface area contributed by atoms with E-state index in [2.05, 4.69) is 9.97 Å². The molecule has 9 nitrogen and oxygen atoms in total. The fourth-order valence-corrected chi connectivity index (χ4v) is 4.53. The van der Waals surface area contributed by atoms with Crippen molar-refractivity contribution >= 4 is 45.7 Å². The highest BCUT2D eigenvalue weighted by atomic mass is 35.5. The van der Waals surface area contributed by atoms with E-state index in [0.717, 1.165) is 0 Å². The molecule has 2 aromatic heterocycles. The first-order chi connectivity index (χ1) is 18.7. The van der Waals surface area contributed by atoms with Gasteiger partial charge in [-0.2, -0.15) is 0 Å². The van der Waals surface area contributed by atoms with E-state index in [4.69, 9.17) is 31.5 Å². The number of carbonyl (C=O) groups excluding carboxylic acids is 2. The lowest BCUT2D eigenvalue weighted by molar-refractivity contribution is -0.133. The Bertz CT molecular complexity index is 1610. The average molecular weight is 551 g/mol. The lowest BCUT2D eigenvalue weighted by atomic mass is 10.0. The monoisotopic (exact) mass is 550 g/mol. The van der Waals surface area contributed by atoms with Crippen molar-refractivity contribution in [2.75, 3.05) is 19.1 Å². The molecule has 0 aliphatic heterocycles. The molecule has 4 aromatic rings. The Balaban J connectivity index is 1.57. The molecule has 0 bridgehead atoms. The third-order valence-electron chi connectivity index (χ3n) is 6.68. The molecule has 1 saturated carbocycles. The van der Waals surface area contributed by atoms with Crippen LogP contribution in [0, 0.1) is 18.2 Å². The number of hydrogen-bond donors (Lipinski definition) is 1. The van der Waals surface area contributed by atoms with E-state index in [9.17, 15) is 14.0 Å². The summed E-state index contributed by atoms with van der Waals surface area (Å²) < 4.78 is 30.6. The number of amides is 2. The van der Waals surface area contributed by atoms with Gasteiger partial charge in [0.25, 0.3) is 0 Å². The van der Waals surface area contributed by atoms with E-state index in [-0.39, 0.29) is 10.9 Å². The number of anilines is 2. The molecule has 0 spiro atoms. The van der Waals surface area contributed by atoms with Crippen LogP contribution in [0.1, 0.15) is 18.5 Å². The fraction of sp³-hybridized carbons (Fsp3) is 0.214. The second-order valence-corrected chi connectivity index (χ2v) is 9.49. The van der Waals surface area contributed by atoms with Crippen molar-refractivity contribution in [2.24, 2.45) is 11.1 Å². The number of rotatable bonds is 8. The van der Waals surface area contributed by atoms with Crippen LogP contribution in [0.2, 0.25) is 5.02 Å². The summed E-state index contributed by atoms with van der Waals surface area (Å²) in [4.78, 5) is 36.0. The molecule has 0 atom stereocenters. The maximum atomic E-state index is 13.7. The molecule has 11 heteroatoms. The van der Waals surface area contributed by atoms with E-state index in [1.54, 1.807) is 31.3 Å². The van der Waals surface area contributed by atoms with Crippen LogP contribution < -0.4 is 24.8 Å². The van der Waals surface area contributed by atoms with Crippen molar-refractivity contribution in [3.05, 3.63) is 71.3 Å². The summed E-state index contributed by atoms with van der Waals surface area (Å²) in [7, 11) is 3.06. The molecule has 0 unspecified atom stereocenters. The third kappa shape index (κ3) is 4.67. The van der Waals surface area contributed by atoms with Gasteiger partial charge in [-0.05, 0) is 62.2 Å². The number of ether oxygens (including phenoxy) is 3. The Kier molecular flexibility index (Phi) is 6.73. The second-order valence-electron chi connectivity index (χ2n) is 9.08. The van der Waals surface area contributed by atoms with Gasteiger partial charge in [-0.25, -0.2) is 9.37 Å². The molecule has 2 N–H and O–H groups in total. The number of fused-ring (bicyclic) bond motifs is 1. The normalized spacial score (nSPS) is 13.6. The molecule has 1 fully saturated rings. The maximum absolute atomic E-state index is 13.7. The Morgan fingerprint density at radius 3 is 2.31 bits per heavy atom. The summed E-state index contributed by atoms with van der Waals surface area (Å²) in [6, 6.07) is 12.0. The molecular formula is C28H24ClFN4O5. The van der Waals surface area contributed by atoms with Gasteiger partial charge in [-0.1, -0.05) is 11.6 Å². The first kappa shape index (κ1) is 26.2. The van der Waals surface area contributed by atoms with Gasteiger partial charge in [0.1, 0.15) is 22.0 Å². The zero-order chi connectivity index (χ0) is 27.9. The third-order valence-corrected chi connectivity index (χ3v) is 6.95. The van der Waals surface area contributed by atoms with E-state index >= 15 is 0 Å². The topological polar surface area (TPSA) is 117 Å². The van der Waals surface area contributed by atoms with Crippen LogP contribution in [-0.2, 0) is 9.59 Å². The maximum Gasteiger partial charge on any atom is 0.247 e. The predicted molar refractivity (Wildman–Crippen MR) is 143 cm³/mol. The minimum atomic E-state index is -1.33. The Morgan fingerprint density at radius 1 is 1.03 bits per heavy atom. The van der Waals surface area contributed by atoms with Crippen LogP contribution in [0.4, 0.5) is 15.8 Å². The number of methoxy groups -OCH3 is 2. The Morgan fingerprint density at radius 2 is 1.69 bits per heavy atom. The smallest absolute Gasteiger partial charge is 0.247 e. The number of benzene rings is 2. The van der Waals surface area contributed by atoms with Crippen LogP contribution >= 0.6 is 11.6 Å². The molecule has 2 aromatic carbocycles. The summed E-state index contributed by atoms with van der Waals surface area (Å²) in [6.07, 6.45) is 2.22. The van der Waals surface area contributed by atoms with E-state index in [1.807, 2.05) is 0 Å². The highest BCUT2D eigenvalue weighted by Gasteiger charge is 2.57. The summed E-state index contributed by atoms with van der Waals surface area (Å²) >= 11 is 6.63. The van der Waals surface area contributed by atoms with Crippen LogP contribution in [0.15, 0.2) is 54.7 Å². The number of nitrogens with zero attached hydrogens (tertiary/aromatic N) is 3. The number of aromatic nitrogens is 2. The summed E-state index contributed by atoms with van der Waals surface area (Å²) in [5.41, 5.74) is 5.88. The molecule has 5 rings (SSSR count). The van der Waals surface area contributed by atoms with Gasteiger partial charge in [-0.15, -0.1) is 0 Å². The molecule has 2 heterocycles. The first-order valence-corrected chi connectivity index (χ1v) is 12.3. The van der Waals surface area contributed by atoms with E-state index in [1.165, 1.54) is 49.5 Å². The number of hydrogen-bond acceptors (Lipinski definition) is 7. The van der Waals surface area contributed by atoms with Crippen LogP contribution in [0.3, 0.4) is 0 Å². The van der Waals surface area contributed by atoms with Gasteiger partial charge in [0.2, 0.25) is 17.7 Å². The van der Waals surface area contributed by atoms with Gasteiger partial charge in [0.05, 0.1) is 31.1 Å². The number of pyridine rings is 2. The minimum absolute atomic E-state index is 0.0859. The molecule has 2 amide bonds. The fourth-order valence-electron chi connectivity index (χ4n) is 4.35. The number of nitrogens with two attached hydrogens (primary N) is 1. The van der Waals surface area contributed by atoms with Crippen molar-refractivity contribution < 1.29 is 28.2 Å². The van der Waals surface area contributed by atoms with Crippen molar-refractivity contribution in [1.29, 1.82) is 0 Å².